The van der Waals surface area contributed by atoms with Crippen LogP contribution in [0.3, 0.4) is 0 Å². The van der Waals surface area contributed by atoms with Crippen LogP contribution in [0.25, 0.3) is 0 Å². The van der Waals surface area contributed by atoms with Crippen LogP contribution in [0.1, 0.15) is 26.3 Å². The Morgan fingerprint density at radius 3 is 2.44 bits per heavy atom. The Bertz CT molecular complexity index is 382. The van der Waals surface area contributed by atoms with E-state index in [0.29, 0.717) is 0 Å². The number of carbonyl (C=O) groups is 1. The molecule has 0 spiro atoms. The molecular formula is C13H16BrIO. The minimum absolute atomic E-state index is 0.0941. The second-order valence-electron chi connectivity index (χ2n) is 4.88. The summed E-state index contributed by atoms with van der Waals surface area (Å²) in [6.45, 7) is 5.87. The maximum atomic E-state index is 12.0. The van der Waals surface area contributed by atoms with Crippen LogP contribution in [0.4, 0.5) is 0 Å². The van der Waals surface area contributed by atoms with Crippen LogP contribution < -0.4 is 0 Å². The number of carbonyl (C=O) groups excluding carboxylic acids is 1. The second kappa shape index (κ2) is 5.63. The zero-order valence-electron chi connectivity index (χ0n) is 9.76. The van der Waals surface area contributed by atoms with Crippen molar-refractivity contribution in [2.75, 3.05) is 0 Å². The minimum atomic E-state index is -0.283. The third-order valence-corrected chi connectivity index (χ3v) is 4.17. The number of hydrogen-bond acceptors (Lipinski definition) is 1. The third kappa shape index (κ3) is 3.84. The normalized spacial score (nSPS) is 13.6. The van der Waals surface area contributed by atoms with E-state index in [1.165, 1.54) is 9.13 Å². The van der Waals surface area contributed by atoms with E-state index in [1.807, 2.05) is 32.9 Å². The summed E-state index contributed by atoms with van der Waals surface area (Å²) >= 11 is 5.80. The van der Waals surface area contributed by atoms with Crippen LogP contribution in [0.2, 0.25) is 0 Å². The standard InChI is InChI=1S/C13H16BrIO/c1-13(2,3)12(16)10(14)8-9-6-4-5-7-11(9)15/h4-7,10H,8H2,1-3H3. The Balaban J connectivity index is 2.76. The van der Waals surface area contributed by atoms with Crippen LogP contribution in [0, 0.1) is 8.99 Å². The zero-order chi connectivity index (χ0) is 12.3. The van der Waals surface area contributed by atoms with Crippen LogP contribution in [-0.2, 0) is 11.2 Å². The van der Waals surface area contributed by atoms with Crippen molar-refractivity contribution >= 4 is 44.3 Å². The van der Waals surface area contributed by atoms with E-state index in [9.17, 15) is 4.79 Å². The summed E-state index contributed by atoms with van der Waals surface area (Å²) in [5.41, 5.74) is 0.941. The van der Waals surface area contributed by atoms with Gasteiger partial charge in [0.05, 0.1) is 4.83 Å². The first-order valence-electron chi connectivity index (χ1n) is 5.24. The van der Waals surface area contributed by atoms with Gasteiger partial charge >= 0.3 is 0 Å². The van der Waals surface area contributed by atoms with Crippen molar-refractivity contribution < 1.29 is 4.79 Å². The van der Waals surface area contributed by atoms with Crippen LogP contribution in [0.5, 0.6) is 0 Å². The molecule has 0 saturated carbocycles. The molecule has 1 rings (SSSR count). The van der Waals surface area contributed by atoms with Crippen molar-refractivity contribution in [3.8, 4) is 0 Å². The average molecular weight is 395 g/mol. The zero-order valence-corrected chi connectivity index (χ0v) is 13.5. The fourth-order valence-electron chi connectivity index (χ4n) is 1.42. The largest absolute Gasteiger partial charge is 0.298 e. The highest BCUT2D eigenvalue weighted by Gasteiger charge is 2.28. The van der Waals surface area contributed by atoms with Gasteiger partial charge in [-0.25, -0.2) is 0 Å². The molecule has 0 radical (unpaired) electrons. The highest BCUT2D eigenvalue weighted by atomic mass is 127. The molecule has 16 heavy (non-hydrogen) atoms. The van der Waals surface area contributed by atoms with Crippen molar-refractivity contribution in [2.45, 2.75) is 32.0 Å². The molecule has 0 saturated heterocycles. The molecule has 1 atom stereocenters. The SMILES string of the molecule is CC(C)(C)C(=O)C(Br)Cc1ccccc1I. The van der Waals surface area contributed by atoms with E-state index < -0.39 is 0 Å². The van der Waals surface area contributed by atoms with Gasteiger partial charge in [-0.15, -0.1) is 0 Å². The van der Waals surface area contributed by atoms with Gasteiger partial charge in [-0.2, -0.15) is 0 Å². The molecule has 0 fully saturated rings. The highest BCUT2D eigenvalue weighted by molar-refractivity contribution is 14.1. The van der Waals surface area contributed by atoms with E-state index in [4.69, 9.17) is 0 Å². The lowest BCUT2D eigenvalue weighted by molar-refractivity contribution is -0.125. The molecular weight excluding hydrogens is 379 g/mol. The summed E-state index contributed by atoms with van der Waals surface area (Å²) in [4.78, 5) is 11.9. The summed E-state index contributed by atoms with van der Waals surface area (Å²) in [7, 11) is 0. The molecule has 1 unspecified atom stereocenters. The number of halogens is 2. The fraction of sp³-hybridized carbons (Fsp3) is 0.462. The second-order valence-corrected chi connectivity index (χ2v) is 7.14. The topological polar surface area (TPSA) is 17.1 Å². The number of hydrogen-bond donors (Lipinski definition) is 0. The molecule has 0 heterocycles. The molecule has 0 bridgehead atoms. The predicted octanol–water partition coefficient (Wildman–Crippen LogP) is 4.21. The first-order chi connectivity index (χ1) is 7.32. The van der Waals surface area contributed by atoms with Gasteiger partial charge in [0.1, 0.15) is 0 Å². The third-order valence-electron chi connectivity index (χ3n) is 2.38. The summed E-state index contributed by atoms with van der Waals surface area (Å²) in [6.07, 6.45) is 0.759. The number of alkyl halides is 1. The lowest BCUT2D eigenvalue weighted by atomic mass is 9.87. The van der Waals surface area contributed by atoms with Crippen LogP contribution >= 0.6 is 38.5 Å². The van der Waals surface area contributed by atoms with Crippen LogP contribution in [0.15, 0.2) is 24.3 Å². The van der Waals surface area contributed by atoms with Crippen molar-refractivity contribution in [3.05, 3.63) is 33.4 Å². The quantitative estimate of drug-likeness (QED) is 0.554. The van der Waals surface area contributed by atoms with Crippen molar-refractivity contribution in [3.63, 3.8) is 0 Å². The molecule has 1 aromatic carbocycles. The number of rotatable bonds is 3. The molecule has 0 aromatic heterocycles. The molecule has 0 aliphatic heterocycles. The van der Waals surface area contributed by atoms with Crippen LogP contribution in [-0.4, -0.2) is 10.6 Å². The molecule has 0 amide bonds. The van der Waals surface area contributed by atoms with Gasteiger partial charge in [0, 0.05) is 8.99 Å². The molecule has 0 N–H and O–H groups in total. The predicted molar refractivity (Wildman–Crippen MR) is 80.0 cm³/mol. The fourth-order valence-corrected chi connectivity index (χ4v) is 3.06. The monoisotopic (exact) mass is 394 g/mol. The smallest absolute Gasteiger partial charge is 0.152 e. The Morgan fingerprint density at radius 1 is 1.38 bits per heavy atom. The molecule has 1 nitrogen and oxygen atoms in total. The maximum absolute atomic E-state index is 12.0. The van der Waals surface area contributed by atoms with Gasteiger partial charge in [0.2, 0.25) is 0 Å². The lowest BCUT2D eigenvalue weighted by Gasteiger charge is -2.21. The summed E-state index contributed by atoms with van der Waals surface area (Å²) in [6, 6.07) is 8.17. The lowest BCUT2D eigenvalue weighted by Crippen LogP contribution is -2.30. The molecule has 0 aliphatic carbocycles. The Morgan fingerprint density at radius 2 is 1.94 bits per heavy atom. The molecule has 88 valence electrons. The van der Waals surface area contributed by atoms with Gasteiger partial charge in [-0.05, 0) is 40.6 Å². The van der Waals surface area contributed by atoms with Gasteiger partial charge in [0.15, 0.2) is 5.78 Å². The highest BCUT2D eigenvalue weighted by Crippen LogP contribution is 2.24. The first kappa shape index (κ1) is 14.2. The van der Waals surface area contributed by atoms with Gasteiger partial charge in [-0.3, -0.25) is 4.79 Å². The number of Topliss-reactive ketones (excluding diaryl/α,β-unsaturated/α-hetero) is 1. The Labute approximate surface area is 119 Å². The van der Waals surface area contributed by atoms with E-state index >= 15 is 0 Å². The van der Waals surface area contributed by atoms with Gasteiger partial charge < -0.3 is 0 Å². The molecule has 0 aliphatic rings. The molecule has 3 heteroatoms. The van der Waals surface area contributed by atoms with Crippen molar-refractivity contribution in [1.82, 2.24) is 0 Å². The van der Waals surface area contributed by atoms with Gasteiger partial charge in [0.25, 0.3) is 0 Å². The van der Waals surface area contributed by atoms with Crippen molar-refractivity contribution in [1.29, 1.82) is 0 Å². The summed E-state index contributed by atoms with van der Waals surface area (Å²) in [5.74, 6) is 0.257. The van der Waals surface area contributed by atoms with Crippen molar-refractivity contribution in [2.24, 2.45) is 5.41 Å². The van der Waals surface area contributed by atoms with E-state index in [1.54, 1.807) is 0 Å². The number of ketones is 1. The summed E-state index contributed by atoms with van der Waals surface area (Å²) in [5, 5.41) is 0. The number of benzene rings is 1. The minimum Gasteiger partial charge on any atom is -0.298 e. The first-order valence-corrected chi connectivity index (χ1v) is 7.23. The Kier molecular flexibility index (Phi) is 4.98. The summed E-state index contributed by atoms with van der Waals surface area (Å²) < 4.78 is 1.21. The Hall–Kier alpha value is 0.100. The molecule has 1 aromatic rings. The maximum Gasteiger partial charge on any atom is 0.152 e. The van der Waals surface area contributed by atoms with Gasteiger partial charge in [-0.1, -0.05) is 54.9 Å². The average Bonchev–Trinajstić information content (AvgIpc) is 2.19. The van der Waals surface area contributed by atoms with E-state index in [-0.39, 0.29) is 16.0 Å². The van der Waals surface area contributed by atoms with E-state index in [0.717, 1.165) is 6.42 Å². The van der Waals surface area contributed by atoms with E-state index in [2.05, 4.69) is 50.7 Å².